The van der Waals surface area contributed by atoms with Crippen molar-refractivity contribution in [2.75, 3.05) is 32.6 Å². The molecule has 1 aliphatic heterocycles. The number of anilines is 1. The summed E-state index contributed by atoms with van der Waals surface area (Å²) >= 11 is 0. The number of hydrogen-bond acceptors (Lipinski definition) is 11. The average molecular weight is 833 g/mol. The maximum absolute atomic E-state index is 14.7. The van der Waals surface area contributed by atoms with Crippen molar-refractivity contribution in [3.63, 3.8) is 0 Å². The quantitative estimate of drug-likeness (QED) is 0.198. The summed E-state index contributed by atoms with van der Waals surface area (Å²) in [6, 6.07) is 13.0. The molecule has 3 aliphatic rings. The lowest BCUT2D eigenvalue weighted by atomic mass is 9.85. The van der Waals surface area contributed by atoms with Gasteiger partial charge in [0.2, 0.25) is 27.7 Å². The number of rotatable bonds is 13. The molecule has 2 aromatic carbocycles. The van der Waals surface area contributed by atoms with Gasteiger partial charge in [-0.3, -0.25) is 19.1 Å². The number of nitrogens with one attached hydrogen (secondary N) is 3. The van der Waals surface area contributed by atoms with Crippen molar-refractivity contribution in [3.8, 4) is 22.9 Å². The number of ether oxygens (including phenoxy) is 3. The molecule has 3 fully saturated rings. The standard InChI is InChI=1S/C43H56N6O9S/c1-11-27-23-43(27,39(52)47-59(54,55)31-16-17-31)46-36(50)34-22-30(24-49(34)38(51)35(41(2,3)4)45-40(53)58-42(5,6)7)57-37-32-18-15-29(56-10)20-26(32)21-33(44-37)25-13-12-14-28(19-25)48(8)9/h11-15,18-21,27,30-31,34-35H,1,16-17,22-24H2,2-10H3,(H,45,53)(H,46,50)(H,47,52)/t27?,30-,34+,35-,43-/m1/s1. The predicted molar refractivity (Wildman–Crippen MR) is 224 cm³/mol. The number of methoxy groups -OCH3 is 1. The molecule has 1 saturated heterocycles. The molecule has 5 atom stereocenters. The Morgan fingerprint density at radius 2 is 1.75 bits per heavy atom. The topological polar surface area (TPSA) is 186 Å². The summed E-state index contributed by atoms with van der Waals surface area (Å²) in [7, 11) is 1.55. The molecule has 3 N–H and O–H groups in total. The number of carbonyl (C=O) groups excluding carboxylic acids is 4. The van der Waals surface area contributed by atoms with Crippen LogP contribution in [-0.2, 0) is 29.1 Å². The molecule has 6 rings (SSSR count). The van der Waals surface area contributed by atoms with Crippen LogP contribution in [-0.4, -0.2) is 104 Å². The van der Waals surface area contributed by atoms with Crippen molar-refractivity contribution in [1.82, 2.24) is 25.2 Å². The summed E-state index contributed by atoms with van der Waals surface area (Å²) in [6.45, 7) is 14.2. The van der Waals surface area contributed by atoms with Gasteiger partial charge in [-0.25, -0.2) is 18.2 Å². The monoisotopic (exact) mass is 832 g/mol. The number of benzene rings is 2. The Morgan fingerprint density at radius 1 is 1.03 bits per heavy atom. The van der Waals surface area contributed by atoms with Crippen LogP contribution in [0, 0.1) is 11.3 Å². The number of alkyl carbamates (subject to hydrolysis) is 1. The first kappa shape index (κ1) is 43.2. The largest absolute Gasteiger partial charge is 0.497 e. The third-order valence-electron chi connectivity index (χ3n) is 10.8. The van der Waals surface area contributed by atoms with Gasteiger partial charge in [0.1, 0.15) is 35.1 Å². The van der Waals surface area contributed by atoms with Gasteiger partial charge in [0, 0.05) is 43.1 Å². The summed E-state index contributed by atoms with van der Waals surface area (Å²) in [5.41, 5.74) is -0.851. The normalized spacial score (nSPS) is 22.2. The van der Waals surface area contributed by atoms with Crippen LogP contribution in [0.2, 0.25) is 0 Å². The third-order valence-corrected chi connectivity index (χ3v) is 12.6. The highest BCUT2D eigenvalue weighted by Crippen LogP contribution is 2.46. The van der Waals surface area contributed by atoms with E-state index in [9.17, 15) is 27.6 Å². The van der Waals surface area contributed by atoms with Crippen LogP contribution >= 0.6 is 0 Å². The Labute approximate surface area is 346 Å². The van der Waals surface area contributed by atoms with Gasteiger partial charge in [0.15, 0.2) is 0 Å². The average Bonchev–Trinajstić information content (AvgIpc) is 4.09. The molecule has 4 amide bonds. The van der Waals surface area contributed by atoms with E-state index in [-0.39, 0.29) is 25.3 Å². The number of aromatic nitrogens is 1. The van der Waals surface area contributed by atoms with Crippen LogP contribution < -0.4 is 29.7 Å². The Bertz CT molecular complexity index is 2260. The van der Waals surface area contributed by atoms with E-state index in [0.29, 0.717) is 29.7 Å². The Hall–Kier alpha value is -5.38. The summed E-state index contributed by atoms with van der Waals surface area (Å²) in [5, 5.41) is 6.34. The number of amides is 4. The molecule has 318 valence electrons. The molecular formula is C43H56N6O9S. The molecule has 59 heavy (non-hydrogen) atoms. The molecule has 16 heteroatoms. The van der Waals surface area contributed by atoms with Gasteiger partial charge in [0.05, 0.1) is 24.6 Å². The first-order valence-electron chi connectivity index (χ1n) is 19.8. The smallest absolute Gasteiger partial charge is 0.408 e. The van der Waals surface area contributed by atoms with Crippen molar-refractivity contribution < 1.29 is 41.8 Å². The van der Waals surface area contributed by atoms with Crippen molar-refractivity contribution in [2.45, 2.75) is 102 Å². The second-order valence-corrected chi connectivity index (χ2v) is 19.9. The Kier molecular flexibility index (Phi) is 11.7. The first-order chi connectivity index (χ1) is 27.5. The van der Waals surface area contributed by atoms with E-state index >= 15 is 0 Å². The molecular weight excluding hydrogens is 777 g/mol. The van der Waals surface area contributed by atoms with Crippen molar-refractivity contribution in [2.24, 2.45) is 11.3 Å². The SMILES string of the molecule is C=CC1C[C@]1(NC(=O)[C@@H]1C[C@@H](Oc2nc(-c3cccc(N(C)C)c3)cc3cc(OC)ccc23)CN1C(=O)[C@@H](NC(=O)OC(C)(C)C)C(C)(C)C)C(=O)NS(=O)(=O)C1CC1. The van der Waals surface area contributed by atoms with E-state index in [2.05, 4.69) is 21.9 Å². The highest BCUT2D eigenvalue weighted by atomic mass is 32.2. The van der Waals surface area contributed by atoms with Gasteiger partial charge in [0.25, 0.3) is 5.91 Å². The molecule has 1 aromatic heterocycles. The van der Waals surface area contributed by atoms with Crippen molar-refractivity contribution in [1.29, 1.82) is 0 Å². The minimum Gasteiger partial charge on any atom is -0.497 e. The van der Waals surface area contributed by atoms with Crippen LogP contribution in [0.5, 0.6) is 11.6 Å². The maximum atomic E-state index is 14.7. The van der Waals surface area contributed by atoms with Crippen LogP contribution in [0.15, 0.2) is 61.2 Å². The van der Waals surface area contributed by atoms with Crippen LogP contribution in [0.3, 0.4) is 0 Å². The lowest BCUT2D eigenvalue weighted by Gasteiger charge is -2.36. The van der Waals surface area contributed by atoms with E-state index in [1.165, 1.54) is 11.0 Å². The van der Waals surface area contributed by atoms with Gasteiger partial charge >= 0.3 is 6.09 Å². The summed E-state index contributed by atoms with van der Waals surface area (Å²) in [6.07, 6.45) is 0.913. The lowest BCUT2D eigenvalue weighted by Crippen LogP contribution is -2.60. The van der Waals surface area contributed by atoms with Gasteiger partial charge in [-0.1, -0.05) is 39.0 Å². The van der Waals surface area contributed by atoms with E-state index in [4.69, 9.17) is 19.2 Å². The van der Waals surface area contributed by atoms with Gasteiger partial charge < -0.3 is 34.6 Å². The zero-order valence-corrected chi connectivity index (χ0v) is 36.1. The van der Waals surface area contributed by atoms with Gasteiger partial charge in [-0.15, -0.1) is 6.58 Å². The van der Waals surface area contributed by atoms with Crippen LogP contribution in [0.25, 0.3) is 22.0 Å². The van der Waals surface area contributed by atoms with E-state index < -0.39 is 79.7 Å². The molecule has 1 unspecified atom stereocenters. The number of pyridine rings is 1. The minimum absolute atomic E-state index is 0.0165. The molecule has 2 aliphatic carbocycles. The van der Waals surface area contributed by atoms with Crippen LogP contribution in [0.4, 0.5) is 10.5 Å². The van der Waals surface area contributed by atoms with E-state index in [1.807, 2.05) is 61.5 Å². The second kappa shape index (κ2) is 16.0. The van der Waals surface area contributed by atoms with E-state index in [0.717, 1.165) is 16.6 Å². The third kappa shape index (κ3) is 9.58. The lowest BCUT2D eigenvalue weighted by molar-refractivity contribution is -0.143. The number of likely N-dealkylation sites (tertiary alicyclic amines) is 1. The zero-order valence-electron chi connectivity index (χ0n) is 35.2. The number of carbonyl (C=O) groups is 4. The fraction of sp³-hybridized carbons (Fsp3) is 0.512. The molecule has 2 heterocycles. The summed E-state index contributed by atoms with van der Waals surface area (Å²) in [5.74, 6) is -1.76. The molecule has 3 aromatic rings. The molecule has 0 radical (unpaired) electrons. The highest BCUT2D eigenvalue weighted by molar-refractivity contribution is 7.91. The molecule has 15 nitrogen and oxygen atoms in total. The summed E-state index contributed by atoms with van der Waals surface area (Å²) < 4.78 is 45.5. The first-order valence-corrected chi connectivity index (χ1v) is 21.3. The Morgan fingerprint density at radius 3 is 2.34 bits per heavy atom. The molecule has 0 bridgehead atoms. The number of nitrogens with zero attached hydrogens (tertiary/aromatic N) is 3. The molecule has 2 saturated carbocycles. The fourth-order valence-electron chi connectivity index (χ4n) is 7.30. The highest BCUT2D eigenvalue weighted by Gasteiger charge is 2.62. The van der Waals surface area contributed by atoms with Gasteiger partial charge in [-0.2, -0.15) is 0 Å². The Balaban J connectivity index is 1.36. The molecule has 0 spiro atoms. The minimum atomic E-state index is -3.93. The second-order valence-electron chi connectivity index (χ2n) is 18.0. The number of hydrogen-bond donors (Lipinski definition) is 3. The van der Waals surface area contributed by atoms with Crippen molar-refractivity contribution in [3.05, 3.63) is 61.2 Å². The van der Waals surface area contributed by atoms with Crippen LogP contribution in [0.1, 0.15) is 67.2 Å². The number of fused-ring (bicyclic) bond motifs is 1. The summed E-state index contributed by atoms with van der Waals surface area (Å²) in [4.78, 5) is 64.3. The fourth-order valence-corrected chi connectivity index (χ4v) is 8.67. The zero-order chi connectivity index (χ0) is 43.2. The number of sulfonamides is 1. The van der Waals surface area contributed by atoms with Crippen molar-refractivity contribution >= 4 is 50.3 Å². The van der Waals surface area contributed by atoms with Gasteiger partial charge in [-0.05, 0) is 87.2 Å². The predicted octanol–water partition coefficient (Wildman–Crippen LogP) is 4.93. The van der Waals surface area contributed by atoms with E-state index in [1.54, 1.807) is 54.7 Å². The maximum Gasteiger partial charge on any atom is 0.408 e.